The molecule has 1 atom stereocenters. The molecule has 0 spiro atoms. The maximum absolute atomic E-state index is 12.2. The lowest BCUT2D eigenvalue weighted by atomic mass is 10.2. The number of piperazine rings is 1. The molecule has 1 N–H and O–H groups in total. The highest BCUT2D eigenvalue weighted by Crippen LogP contribution is 2.20. The van der Waals surface area contributed by atoms with Crippen LogP contribution >= 0.6 is 0 Å². The lowest BCUT2D eigenvalue weighted by Crippen LogP contribution is -2.54. The summed E-state index contributed by atoms with van der Waals surface area (Å²) in [6, 6.07) is 3.46. The number of amides is 2. The van der Waals surface area contributed by atoms with Crippen LogP contribution in [0.3, 0.4) is 0 Å². The third kappa shape index (κ3) is 2.13. The molecule has 6 heteroatoms. The Bertz CT molecular complexity index is 496. The van der Waals surface area contributed by atoms with Gasteiger partial charge in [-0.2, -0.15) is 0 Å². The molecular weight excluding hydrogens is 244 g/mol. The van der Waals surface area contributed by atoms with Crippen molar-refractivity contribution in [3.8, 4) is 0 Å². The molecule has 1 saturated heterocycles. The van der Waals surface area contributed by atoms with E-state index in [1.54, 1.807) is 18.3 Å². The molecule has 0 saturated carbocycles. The van der Waals surface area contributed by atoms with E-state index in [2.05, 4.69) is 15.2 Å². The summed E-state index contributed by atoms with van der Waals surface area (Å²) in [5.41, 5.74) is 0.688. The number of hydrogen-bond donors (Lipinski definition) is 1. The maximum Gasteiger partial charge on any atom is 0.280 e. The van der Waals surface area contributed by atoms with Gasteiger partial charge in [-0.1, -0.05) is 0 Å². The zero-order chi connectivity index (χ0) is 13.4. The fraction of sp³-hybridized carbons (Fsp3) is 0.462. The van der Waals surface area contributed by atoms with Gasteiger partial charge in [0.1, 0.15) is 5.69 Å². The predicted octanol–water partition coefficient (Wildman–Crippen LogP) is -0.419. The van der Waals surface area contributed by atoms with Crippen LogP contribution in [0.25, 0.3) is 0 Å². The number of fused-ring (bicyclic) bond motifs is 1. The lowest BCUT2D eigenvalue weighted by Gasteiger charge is -2.32. The Balaban J connectivity index is 1.77. The number of nitrogens with one attached hydrogen (secondary N) is 1. The van der Waals surface area contributed by atoms with Gasteiger partial charge in [0.2, 0.25) is 0 Å². The van der Waals surface area contributed by atoms with Crippen LogP contribution in [0.4, 0.5) is 0 Å². The Hall–Kier alpha value is -1.79. The highest BCUT2D eigenvalue weighted by molar-refractivity contribution is 6.20. The fourth-order valence-corrected chi connectivity index (χ4v) is 2.61. The van der Waals surface area contributed by atoms with Crippen LogP contribution in [0.1, 0.15) is 20.8 Å². The number of pyridine rings is 1. The molecule has 0 aromatic carbocycles. The zero-order valence-electron chi connectivity index (χ0n) is 10.8. The number of imide groups is 1. The Morgan fingerprint density at radius 2 is 2.26 bits per heavy atom. The summed E-state index contributed by atoms with van der Waals surface area (Å²) in [7, 11) is 2.04. The number of likely N-dealkylation sites (N-methyl/N-ethyl adjacent to an activating group) is 1. The van der Waals surface area contributed by atoms with E-state index < -0.39 is 0 Å². The molecule has 0 bridgehead atoms. The minimum absolute atomic E-state index is 0.126. The van der Waals surface area contributed by atoms with Crippen molar-refractivity contribution in [3.05, 3.63) is 29.6 Å². The Morgan fingerprint density at radius 3 is 3.00 bits per heavy atom. The number of nitrogens with zero attached hydrogens (tertiary/aromatic N) is 3. The summed E-state index contributed by atoms with van der Waals surface area (Å²) in [5.74, 6) is -0.515. The number of carbonyl (C=O) groups is 2. The SMILES string of the molecule is CN1CCNC(CN2C(=O)c3cccnc3C2=O)C1. The van der Waals surface area contributed by atoms with Gasteiger partial charge in [0.15, 0.2) is 0 Å². The van der Waals surface area contributed by atoms with Gasteiger partial charge < -0.3 is 10.2 Å². The molecule has 1 aromatic rings. The van der Waals surface area contributed by atoms with Crippen molar-refractivity contribution in [3.63, 3.8) is 0 Å². The van der Waals surface area contributed by atoms with Crippen molar-refractivity contribution < 1.29 is 9.59 Å². The average molecular weight is 260 g/mol. The van der Waals surface area contributed by atoms with Crippen molar-refractivity contribution in [1.29, 1.82) is 0 Å². The van der Waals surface area contributed by atoms with E-state index in [1.807, 2.05) is 7.05 Å². The van der Waals surface area contributed by atoms with Gasteiger partial charge in [-0.25, -0.2) is 0 Å². The smallest absolute Gasteiger partial charge is 0.280 e. The van der Waals surface area contributed by atoms with Crippen molar-refractivity contribution in [1.82, 2.24) is 20.1 Å². The molecule has 2 aliphatic rings. The van der Waals surface area contributed by atoms with Crippen LogP contribution < -0.4 is 5.32 Å². The van der Waals surface area contributed by atoms with Crippen molar-refractivity contribution in [2.24, 2.45) is 0 Å². The monoisotopic (exact) mass is 260 g/mol. The molecule has 2 aliphatic heterocycles. The van der Waals surface area contributed by atoms with E-state index in [0.717, 1.165) is 19.6 Å². The zero-order valence-corrected chi connectivity index (χ0v) is 10.8. The number of hydrogen-bond acceptors (Lipinski definition) is 5. The van der Waals surface area contributed by atoms with Gasteiger partial charge in [0, 0.05) is 38.4 Å². The highest BCUT2D eigenvalue weighted by Gasteiger charge is 2.38. The molecule has 1 fully saturated rings. The van der Waals surface area contributed by atoms with Crippen molar-refractivity contribution in [2.75, 3.05) is 33.2 Å². The summed E-state index contributed by atoms with van der Waals surface area (Å²) in [6.45, 7) is 3.10. The molecule has 100 valence electrons. The minimum Gasteiger partial charge on any atom is -0.310 e. The molecule has 6 nitrogen and oxygen atoms in total. The third-order valence-corrected chi connectivity index (χ3v) is 3.59. The largest absolute Gasteiger partial charge is 0.310 e. The van der Waals surface area contributed by atoms with Gasteiger partial charge >= 0.3 is 0 Å². The first-order valence-corrected chi connectivity index (χ1v) is 6.40. The number of carbonyl (C=O) groups excluding carboxylic acids is 2. The lowest BCUT2D eigenvalue weighted by molar-refractivity contribution is 0.0619. The number of aromatic nitrogens is 1. The van der Waals surface area contributed by atoms with Crippen LogP contribution in [-0.2, 0) is 0 Å². The molecule has 0 aliphatic carbocycles. The third-order valence-electron chi connectivity index (χ3n) is 3.59. The topological polar surface area (TPSA) is 65.5 Å². The first kappa shape index (κ1) is 12.3. The van der Waals surface area contributed by atoms with E-state index >= 15 is 0 Å². The molecule has 1 aromatic heterocycles. The molecule has 2 amide bonds. The van der Waals surface area contributed by atoms with Gasteiger partial charge in [-0.3, -0.25) is 19.5 Å². The Morgan fingerprint density at radius 1 is 1.42 bits per heavy atom. The van der Waals surface area contributed by atoms with Crippen molar-refractivity contribution in [2.45, 2.75) is 6.04 Å². The summed E-state index contributed by atoms with van der Waals surface area (Å²) in [5, 5.41) is 3.34. The highest BCUT2D eigenvalue weighted by atomic mass is 16.2. The van der Waals surface area contributed by atoms with Gasteiger partial charge in [0.25, 0.3) is 11.8 Å². The van der Waals surface area contributed by atoms with Crippen LogP contribution in [0, 0.1) is 0 Å². The first-order chi connectivity index (χ1) is 9.16. The van der Waals surface area contributed by atoms with Crippen LogP contribution in [0.15, 0.2) is 18.3 Å². The second-order valence-corrected chi connectivity index (χ2v) is 5.03. The molecular formula is C13H16N4O2. The average Bonchev–Trinajstić information content (AvgIpc) is 2.65. The molecule has 1 unspecified atom stereocenters. The van der Waals surface area contributed by atoms with Gasteiger partial charge in [-0.05, 0) is 19.2 Å². The van der Waals surface area contributed by atoms with Crippen LogP contribution in [0.5, 0.6) is 0 Å². The second-order valence-electron chi connectivity index (χ2n) is 5.03. The van der Waals surface area contributed by atoms with E-state index in [0.29, 0.717) is 12.1 Å². The van der Waals surface area contributed by atoms with E-state index in [-0.39, 0.29) is 23.6 Å². The molecule has 3 heterocycles. The van der Waals surface area contributed by atoms with E-state index in [1.165, 1.54) is 4.90 Å². The molecule has 0 radical (unpaired) electrons. The summed E-state index contributed by atoms with van der Waals surface area (Å²) in [4.78, 5) is 31.8. The van der Waals surface area contributed by atoms with Gasteiger partial charge in [0.05, 0.1) is 5.56 Å². The minimum atomic E-state index is -0.282. The van der Waals surface area contributed by atoms with Crippen LogP contribution in [-0.4, -0.2) is 65.9 Å². The second kappa shape index (κ2) is 4.71. The van der Waals surface area contributed by atoms with Crippen LogP contribution in [0.2, 0.25) is 0 Å². The quantitative estimate of drug-likeness (QED) is 0.732. The van der Waals surface area contributed by atoms with Gasteiger partial charge in [-0.15, -0.1) is 0 Å². The molecule has 19 heavy (non-hydrogen) atoms. The Labute approximate surface area is 111 Å². The summed E-state index contributed by atoms with van der Waals surface area (Å²) >= 11 is 0. The fourth-order valence-electron chi connectivity index (χ4n) is 2.61. The summed E-state index contributed by atoms with van der Waals surface area (Å²) < 4.78 is 0. The van der Waals surface area contributed by atoms with E-state index in [9.17, 15) is 9.59 Å². The normalized spacial score (nSPS) is 23.8. The predicted molar refractivity (Wildman–Crippen MR) is 68.9 cm³/mol. The Kier molecular flexibility index (Phi) is 3.04. The van der Waals surface area contributed by atoms with E-state index in [4.69, 9.17) is 0 Å². The number of rotatable bonds is 2. The molecule has 3 rings (SSSR count). The first-order valence-electron chi connectivity index (χ1n) is 6.40. The standard InChI is InChI=1S/C13H16N4O2/c1-16-6-5-14-9(7-16)8-17-12(18)10-3-2-4-15-11(10)13(17)19/h2-4,9,14H,5-8H2,1H3. The summed E-state index contributed by atoms with van der Waals surface area (Å²) in [6.07, 6.45) is 1.54. The maximum atomic E-state index is 12.2. The van der Waals surface area contributed by atoms with Crippen molar-refractivity contribution >= 4 is 11.8 Å².